The fourth-order valence-electron chi connectivity index (χ4n) is 3.77. The molecule has 0 heterocycles. The van der Waals surface area contributed by atoms with Gasteiger partial charge >= 0.3 is 5.97 Å². The molecule has 2 aromatic rings. The van der Waals surface area contributed by atoms with E-state index in [-0.39, 0.29) is 12.4 Å². The molecule has 0 fully saturated rings. The van der Waals surface area contributed by atoms with Crippen molar-refractivity contribution in [1.29, 1.82) is 0 Å². The first-order valence-corrected chi connectivity index (χ1v) is 9.19. The Kier molecular flexibility index (Phi) is 5.96. The van der Waals surface area contributed by atoms with Crippen LogP contribution in [0, 0.1) is 5.92 Å². The number of rotatable bonds is 7. The molecule has 2 atom stereocenters. The first kappa shape index (κ1) is 20.5. The normalized spacial score (nSPS) is 17.5. The Morgan fingerprint density at radius 1 is 0.931 bits per heavy atom. The minimum Gasteiger partial charge on any atom is -0.497 e. The summed E-state index contributed by atoms with van der Waals surface area (Å²) in [5.74, 6) is -0.535. The van der Waals surface area contributed by atoms with E-state index < -0.39 is 17.8 Å². The first-order chi connectivity index (χ1) is 14.0. The lowest BCUT2D eigenvalue weighted by Crippen LogP contribution is -2.27. The number of hydrogen-bond donors (Lipinski definition) is 0. The van der Waals surface area contributed by atoms with Gasteiger partial charge in [-0.05, 0) is 42.3 Å². The molecule has 2 aromatic carbocycles. The van der Waals surface area contributed by atoms with Gasteiger partial charge < -0.3 is 23.7 Å². The average Bonchev–Trinajstić information content (AvgIpc) is 3.04. The maximum Gasteiger partial charge on any atom is 0.317 e. The van der Waals surface area contributed by atoms with Gasteiger partial charge in [0.25, 0.3) is 0 Å². The number of carbonyl (C=O) groups excluding carboxylic acids is 2. The van der Waals surface area contributed by atoms with E-state index in [1.807, 2.05) is 0 Å². The van der Waals surface area contributed by atoms with Gasteiger partial charge in [-0.25, -0.2) is 0 Å². The average molecular weight is 400 g/mol. The maximum atomic E-state index is 13.2. The monoisotopic (exact) mass is 400 g/mol. The molecule has 29 heavy (non-hydrogen) atoms. The smallest absolute Gasteiger partial charge is 0.317 e. The van der Waals surface area contributed by atoms with Gasteiger partial charge in [0.05, 0.1) is 35.0 Å². The third-order valence-corrected chi connectivity index (χ3v) is 5.06. The first-order valence-electron chi connectivity index (χ1n) is 9.19. The van der Waals surface area contributed by atoms with Gasteiger partial charge in [-0.1, -0.05) is 6.07 Å². The summed E-state index contributed by atoms with van der Waals surface area (Å²) in [5, 5.41) is 0. The second-order valence-electron chi connectivity index (χ2n) is 6.48. The van der Waals surface area contributed by atoms with E-state index in [9.17, 15) is 9.59 Å². The molecule has 3 rings (SSSR count). The number of ketones is 1. The van der Waals surface area contributed by atoms with E-state index >= 15 is 0 Å². The molecule has 7 heteroatoms. The molecule has 0 N–H and O–H groups in total. The summed E-state index contributed by atoms with van der Waals surface area (Å²) >= 11 is 0. The second-order valence-corrected chi connectivity index (χ2v) is 6.48. The van der Waals surface area contributed by atoms with E-state index in [0.717, 1.165) is 5.56 Å². The molecule has 0 saturated carbocycles. The summed E-state index contributed by atoms with van der Waals surface area (Å²) in [4.78, 5) is 25.9. The van der Waals surface area contributed by atoms with Gasteiger partial charge in [0.15, 0.2) is 17.3 Å². The zero-order valence-corrected chi connectivity index (χ0v) is 17.1. The fraction of sp³-hybridized carbons (Fsp3) is 0.364. The standard InChI is InChI=1S/C22H24O7/c1-6-29-22(24)19-18(14-8-7-13(25-2)11-15(14)20(19)23)12-9-16(26-3)21(28-5)17(10-12)27-4/h7-11,18-19H,6H2,1-5H3/t18-,19+/m1/s1. The van der Waals surface area contributed by atoms with E-state index in [0.29, 0.717) is 34.1 Å². The molecule has 154 valence electrons. The lowest BCUT2D eigenvalue weighted by Gasteiger charge is -2.21. The number of Topliss-reactive ketones (excluding diaryl/α,β-unsaturated/α-hetero) is 1. The number of ether oxygens (including phenoxy) is 5. The predicted octanol–water partition coefficient (Wildman–Crippen LogP) is 3.23. The SMILES string of the molecule is CCOC(=O)[C@@H]1C(=O)c2cc(OC)ccc2[C@H]1c1cc(OC)c(OC)c(OC)c1. The molecule has 0 amide bonds. The fourth-order valence-corrected chi connectivity index (χ4v) is 3.77. The Balaban J connectivity index is 2.22. The Hall–Kier alpha value is -3.22. The summed E-state index contributed by atoms with van der Waals surface area (Å²) in [5.41, 5.74) is 1.86. The van der Waals surface area contributed by atoms with Crippen molar-refractivity contribution in [2.45, 2.75) is 12.8 Å². The number of fused-ring (bicyclic) bond motifs is 1. The third kappa shape index (κ3) is 3.48. The highest BCUT2D eigenvalue weighted by atomic mass is 16.5. The van der Waals surface area contributed by atoms with Gasteiger partial charge in [-0.15, -0.1) is 0 Å². The minimum atomic E-state index is -1.00. The van der Waals surface area contributed by atoms with E-state index in [4.69, 9.17) is 23.7 Å². The van der Waals surface area contributed by atoms with Crippen molar-refractivity contribution < 1.29 is 33.3 Å². The van der Waals surface area contributed by atoms with Gasteiger partial charge in [-0.3, -0.25) is 9.59 Å². The number of methoxy groups -OCH3 is 4. The molecule has 7 nitrogen and oxygen atoms in total. The Morgan fingerprint density at radius 3 is 2.10 bits per heavy atom. The number of benzene rings is 2. The van der Waals surface area contributed by atoms with Crippen molar-refractivity contribution in [1.82, 2.24) is 0 Å². The second kappa shape index (κ2) is 8.43. The van der Waals surface area contributed by atoms with Crippen LogP contribution in [0.5, 0.6) is 23.0 Å². The Bertz CT molecular complexity index is 910. The minimum absolute atomic E-state index is 0.185. The van der Waals surface area contributed by atoms with E-state index in [1.54, 1.807) is 37.3 Å². The van der Waals surface area contributed by atoms with Gasteiger partial charge in [-0.2, -0.15) is 0 Å². The van der Waals surface area contributed by atoms with Crippen LogP contribution >= 0.6 is 0 Å². The van der Waals surface area contributed by atoms with Crippen LogP contribution in [-0.4, -0.2) is 46.8 Å². The molecule has 0 saturated heterocycles. The molecule has 1 aliphatic rings. The van der Waals surface area contributed by atoms with Crippen LogP contribution in [-0.2, 0) is 9.53 Å². The summed E-state index contributed by atoms with van der Waals surface area (Å²) in [6.45, 7) is 1.90. The van der Waals surface area contributed by atoms with Crippen LogP contribution in [0.25, 0.3) is 0 Å². The van der Waals surface area contributed by atoms with Crippen LogP contribution in [0.4, 0.5) is 0 Å². The lowest BCUT2D eigenvalue weighted by molar-refractivity contribution is -0.146. The van der Waals surface area contributed by atoms with Gasteiger partial charge in [0, 0.05) is 11.5 Å². The molecule has 0 bridgehead atoms. The van der Waals surface area contributed by atoms with Crippen molar-refractivity contribution in [2.75, 3.05) is 35.0 Å². The topological polar surface area (TPSA) is 80.3 Å². The van der Waals surface area contributed by atoms with Crippen molar-refractivity contribution in [3.8, 4) is 23.0 Å². The van der Waals surface area contributed by atoms with Gasteiger partial charge in [0.2, 0.25) is 5.75 Å². The Morgan fingerprint density at radius 2 is 1.59 bits per heavy atom. The molecule has 0 radical (unpaired) electrons. The van der Waals surface area contributed by atoms with Crippen LogP contribution in [0.15, 0.2) is 30.3 Å². The van der Waals surface area contributed by atoms with Crippen molar-refractivity contribution in [3.63, 3.8) is 0 Å². The molecule has 0 aromatic heterocycles. The molecule has 1 aliphatic carbocycles. The predicted molar refractivity (Wildman–Crippen MR) is 105 cm³/mol. The molecular weight excluding hydrogens is 376 g/mol. The van der Waals surface area contributed by atoms with Crippen molar-refractivity contribution in [2.24, 2.45) is 5.92 Å². The van der Waals surface area contributed by atoms with E-state index in [2.05, 4.69) is 0 Å². The van der Waals surface area contributed by atoms with Crippen LogP contribution in [0.1, 0.15) is 34.3 Å². The highest BCUT2D eigenvalue weighted by Gasteiger charge is 2.46. The van der Waals surface area contributed by atoms with Crippen LogP contribution in [0.2, 0.25) is 0 Å². The molecular formula is C22H24O7. The Labute approximate surface area is 169 Å². The summed E-state index contributed by atoms with van der Waals surface area (Å²) < 4.78 is 26.7. The number of carbonyl (C=O) groups is 2. The summed E-state index contributed by atoms with van der Waals surface area (Å²) in [6.07, 6.45) is 0. The zero-order chi connectivity index (χ0) is 21.1. The highest BCUT2D eigenvalue weighted by molar-refractivity contribution is 6.14. The van der Waals surface area contributed by atoms with Gasteiger partial charge in [0.1, 0.15) is 11.7 Å². The third-order valence-electron chi connectivity index (χ3n) is 5.06. The van der Waals surface area contributed by atoms with E-state index in [1.165, 1.54) is 28.4 Å². The maximum absolute atomic E-state index is 13.2. The zero-order valence-electron chi connectivity index (χ0n) is 17.1. The lowest BCUT2D eigenvalue weighted by atomic mass is 9.85. The summed E-state index contributed by atoms with van der Waals surface area (Å²) in [7, 11) is 6.08. The molecule has 0 spiro atoms. The number of esters is 1. The quantitative estimate of drug-likeness (QED) is 0.521. The van der Waals surface area contributed by atoms with Crippen molar-refractivity contribution >= 4 is 11.8 Å². The van der Waals surface area contributed by atoms with Crippen LogP contribution in [0.3, 0.4) is 0 Å². The summed E-state index contributed by atoms with van der Waals surface area (Å²) in [6, 6.07) is 8.74. The largest absolute Gasteiger partial charge is 0.497 e. The molecule has 0 aliphatic heterocycles. The van der Waals surface area contributed by atoms with Crippen molar-refractivity contribution in [3.05, 3.63) is 47.0 Å². The molecule has 0 unspecified atom stereocenters. The number of hydrogen-bond acceptors (Lipinski definition) is 7. The highest BCUT2D eigenvalue weighted by Crippen LogP contribution is 2.48. The van der Waals surface area contributed by atoms with Crippen LogP contribution < -0.4 is 18.9 Å².